The van der Waals surface area contributed by atoms with E-state index in [4.69, 9.17) is 16.3 Å². The van der Waals surface area contributed by atoms with Crippen LogP contribution < -0.4 is 4.74 Å². The van der Waals surface area contributed by atoms with Gasteiger partial charge in [0.1, 0.15) is 5.75 Å². The van der Waals surface area contributed by atoms with Gasteiger partial charge in [-0.15, -0.1) is 0 Å². The second-order valence-corrected chi connectivity index (χ2v) is 5.38. The summed E-state index contributed by atoms with van der Waals surface area (Å²) in [5.74, 6) is 0.442. The summed E-state index contributed by atoms with van der Waals surface area (Å²) in [5, 5.41) is -0.334. The minimum atomic E-state index is -0.334. The van der Waals surface area contributed by atoms with Crippen molar-refractivity contribution in [2.75, 3.05) is 7.11 Å². The Bertz CT molecular complexity index is 588. The Morgan fingerprint density at radius 2 is 1.62 bits per heavy atom. The van der Waals surface area contributed by atoms with Gasteiger partial charge < -0.3 is 4.74 Å². The Morgan fingerprint density at radius 3 is 2.10 bits per heavy atom. The van der Waals surface area contributed by atoms with Crippen LogP contribution in [0.4, 0.5) is 0 Å². The number of carbonyl (C=O) groups excluding carboxylic acids is 1. The molecule has 0 heterocycles. The van der Waals surface area contributed by atoms with Crippen molar-refractivity contribution in [2.45, 2.75) is 25.7 Å². The van der Waals surface area contributed by atoms with Gasteiger partial charge in [0.25, 0.3) is 0 Å². The lowest BCUT2D eigenvalue weighted by Gasteiger charge is -2.14. The number of benzene rings is 2. The molecule has 0 aliphatic carbocycles. The van der Waals surface area contributed by atoms with Crippen molar-refractivity contribution in [1.82, 2.24) is 0 Å². The van der Waals surface area contributed by atoms with Crippen LogP contribution in [0.2, 0.25) is 0 Å². The molecule has 1 atom stereocenters. The van der Waals surface area contributed by atoms with Crippen LogP contribution in [0.1, 0.15) is 29.5 Å². The molecule has 0 aliphatic rings. The maximum absolute atomic E-state index is 11.8. The number of hydrogen-bond acceptors (Lipinski definition) is 2. The van der Waals surface area contributed by atoms with Crippen LogP contribution in [-0.2, 0) is 17.6 Å². The van der Waals surface area contributed by atoms with Crippen molar-refractivity contribution in [2.24, 2.45) is 0 Å². The van der Waals surface area contributed by atoms with Gasteiger partial charge in [0.2, 0.25) is 5.24 Å². The van der Waals surface area contributed by atoms with Crippen LogP contribution in [0.3, 0.4) is 0 Å². The minimum absolute atomic E-state index is 0.329. The lowest BCUT2D eigenvalue weighted by Crippen LogP contribution is -2.10. The van der Waals surface area contributed by atoms with Crippen molar-refractivity contribution in [3.63, 3.8) is 0 Å². The molecule has 1 unspecified atom stereocenters. The Kier molecular flexibility index (Phi) is 5.40. The maximum Gasteiger partial charge on any atom is 0.229 e. The van der Waals surface area contributed by atoms with Crippen LogP contribution in [0.15, 0.2) is 48.5 Å². The molecule has 0 fully saturated rings. The van der Waals surface area contributed by atoms with Gasteiger partial charge in [0.15, 0.2) is 0 Å². The van der Waals surface area contributed by atoms with Gasteiger partial charge in [-0.1, -0.05) is 43.3 Å². The number of methoxy groups -OCH3 is 1. The first-order valence-corrected chi connectivity index (χ1v) is 7.43. The van der Waals surface area contributed by atoms with Gasteiger partial charge in [-0.05, 0) is 53.3 Å². The second-order valence-electron chi connectivity index (χ2n) is 5.00. The zero-order valence-electron chi connectivity index (χ0n) is 12.3. The predicted octanol–water partition coefficient (Wildman–Crippen LogP) is 4.35. The van der Waals surface area contributed by atoms with Crippen LogP contribution >= 0.6 is 11.6 Å². The summed E-state index contributed by atoms with van der Waals surface area (Å²) < 4.78 is 5.14. The molecule has 0 saturated heterocycles. The van der Waals surface area contributed by atoms with Crippen LogP contribution in [-0.4, -0.2) is 12.4 Å². The maximum atomic E-state index is 11.8. The lowest BCUT2D eigenvalue weighted by atomic mass is 9.92. The predicted molar refractivity (Wildman–Crippen MR) is 86.1 cm³/mol. The molecule has 2 nitrogen and oxygen atoms in total. The molecule has 0 aromatic heterocycles. The lowest BCUT2D eigenvalue weighted by molar-refractivity contribution is -0.113. The van der Waals surface area contributed by atoms with E-state index < -0.39 is 0 Å². The van der Waals surface area contributed by atoms with Crippen molar-refractivity contribution in [1.29, 1.82) is 0 Å². The molecule has 2 aromatic carbocycles. The molecule has 2 rings (SSSR count). The Labute approximate surface area is 130 Å². The summed E-state index contributed by atoms with van der Waals surface area (Å²) in [5.41, 5.74) is 3.31. The highest BCUT2D eigenvalue weighted by Gasteiger charge is 2.19. The molecule has 0 saturated carbocycles. The van der Waals surface area contributed by atoms with Crippen molar-refractivity contribution >= 4 is 16.8 Å². The van der Waals surface area contributed by atoms with Crippen molar-refractivity contribution in [3.05, 3.63) is 65.2 Å². The zero-order valence-corrected chi connectivity index (χ0v) is 13.1. The number of aryl methyl sites for hydroxylation is 1. The van der Waals surface area contributed by atoms with E-state index in [0.717, 1.165) is 23.3 Å². The van der Waals surface area contributed by atoms with Gasteiger partial charge in [0, 0.05) is 0 Å². The van der Waals surface area contributed by atoms with E-state index in [9.17, 15) is 4.79 Å². The van der Waals surface area contributed by atoms with Gasteiger partial charge in [-0.2, -0.15) is 0 Å². The quantitative estimate of drug-likeness (QED) is 0.742. The smallest absolute Gasteiger partial charge is 0.229 e. The zero-order chi connectivity index (χ0) is 15.2. The Morgan fingerprint density at radius 1 is 1.05 bits per heavy atom. The highest BCUT2D eigenvalue weighted by Crippen LogP contribution is 2.25. The average molecular weight is 303 g/mol. The molecule has 3 heteroatoms. The van der Waals surface area contributed by atoms with Gasteiger partial charge >= 0.3 is 0 Å². The molecule has 0 spiro atoms. The van der Waals surface area contributed by atoms with Crippen LogP contribution in [0, 0.1) is 0 Å². The van der Waals surface area contributed by atoms with E-state index in [1.54, 1.807) is 7.11 Å². The molecular weight excluding hydrogens is 284 g/mol. The standard InChI is InChI=1S/C18H19ClO2/c1-3-13-4-6-14(7-5-13)12-17(18(19)20)15-8-10-16(21-2)11-9-15/h4-11,17H,3,12H2,1-2H3. The van der Waals surface area contributed by atoms with Gasteiger partial charge in [-0.3, -0.25) is 4.79 Å². The summed E-state index contributed by atoms with van der Waals surface area (Å²) in [6.07, 6.45) is 1.62. The fourth-order valence-corrected chi connectivity index (χ4v) is 2.52. The van der Waals surface area contributed by atoms with E-state index >= 15 is 0 Å². The number of ether oxygens (including phenoxy) is 1. The number of rotatable bonds is 6. The summed E-state index contributed by atoms with van der Waals surface area (Å²) >= 11 is 5.79. The van der Waals surface area contributed by atoms with E-state index in [0.29, 0.717) is 6.42 Å². The van der Waals surface area contributed by atoms with Gasteiger partial charge in [0.05, 0.1) is 13.0 Å². The van der Waals surface area contributed by atoms with Crippen molar-refractivity contribution in [3.8, 4) is 5.75 Å². The summed E-state index contributed by atoms with van der Waals surface area (Å²) in [4.78, 5) is 11.8. The first kappa shape index (κ1) is 15.6. The topological polar surface area (TPSA) is 26.3 Å². The van der Waals surface area contributed by atoms with E-state index in [1.165, 1.54) is 5.56 Å². The van der Waals surface area contributed by atoms with E-state index in [2.05, 4.69) is 31.2 Å². The van der Waals surface area contributed by atoms with Crippen LogP contribution in [0.5, 0.6) is 5.75 Å². The molecule has 110 valence electrons. The monoisotopic (exact) mass is 302 g/mol. The fraction of sp³-hybridized carbons (Fsp3) is 0.278. The summed E-state index contributed by atoms with van der Waals surface area (Å²) in [6.45, 7) is 2.12. The van der Waals surface area contributed by atoms with E-state index in [1.807, 2.05) is 24.3 Å². The molecular formula is C18H19ClO2. The Hall–Kier alpha value is -1.80. The molecule has 21 heavy (non-hydrogen) atoms. The molecule has 0 radical (unpaired) electrons. The third-order valence-corrected chi connectivity index (χ3v) is 3.93. The van der Waals surface area contributed by atoms with Gasteiger partial charge in [-0.25, -0.2) is 0 Å². The number of hydrogen-bond donors (Lipinski definition) is 0. The number of carbonyl (C=O) groups is 1. The third kappa shape index (κ3) is 4.08. The highest BCUT2D eigenvalue weighted by atomic mass is 35.5. The molecule has 2 aromatic rings. The molecule has 0 aliphatic heterocycles. The highest BCUT2D eigenvalue weighted by molar-refractivity contribution is 6.64. The first-order valence-electron chi connectivity index (χ1n) is 7.05. The number of halogens is 1. The SMILES string of the molecule is CCc1ccc(CC(C(=O)Cl)c2ccc(OC)cc2)cc1. The normalized spacial score (nSPS) is 12.0. The summed E-state index contributed by atoms with van der Waals surface area (Å²) in [7, 11) is 1.62. The molecule has 0 N–H and O–H groups in total. The first-order chi connectivity index (χ1) is 10.1. The molecule has 0 bridgehead atoms. The third-order valence-electron chi connectivity index (χ3n) is 3.66. The average Bonchev–Trinajstić information content (AvgIpc) is 2.53. The largest absolute Gasteiger partial charge is 0.497 e. The second kappa shape index (κ2) is 7.28. The molecule has 0 amide bonds. The van der Waals surface area contributed by atoms with Crippen LogP contribution in [0.25, 0.3) is 0 Å². The van der Waals surface area contributed by atoms with E-state index in [-0.39, 0.29) is 11.2 Å². The fourth-order valence-electron chi connectivity index (χ4n) is 2.31. The Balaban J connectivity index is 2.19. The minimum Gasteiger partial charge on any atom is -0.497 e. The van der Waals surface area contributed by atoms with Crippen molar-refractivity contribution < 1.29 is 9.53 Å². The summed E-state index contributed by atoms with van der Waals surface area (Å²) in [6, 6.07) is 15.8.